The van der Waals surface area contributed by atoms with Crippen molar-refractivity contribution in [2.24, 2.45) is 0 Å². The Morgan fingerprint density at radius 1 is 1.35 bits per heavy atom. The molecule has 0 saturated carbocycles. The van der Waals surface area contributed by atoms with Gasteiger partial charge in [0.05, 0.1) is 11.4 Å². The van der Waals surface area contributed by atoms with Crippen molar-refractivity contribution < 1.29 is 22.7 Å². The minimum Gasteiger partial charge on any atom is -0.342 e. The van der Waals surface area contributed by atoms with E-state index in [1.54, 1.807) is 16.5 Å². The maximum atomic E-state index is 14.5. The van der Waals surface area contributed by atoms with Crippen LogP contribution in [0.5, 0.6) is 0 Å². The molecule has 11 heteroatoms. The molecule has 4 rings (SSSR count). The van der Waals surface area contributed by atoms with Gasteiger partial charge in [-0.3, -0.25) is 13.9 Å². The lowest BCUT2D eigenvalue weighted by Crippen LogP contribution is -2.42. The summed E-state index contributed by atoms with van der Waals surface area (Å²) in [4.78, 5) is 17.6. The van der Waals surface area contributed by atoms with Crippen LogP contribution in [-0.4, -0.2) is 54.1 Å². The topological polar surface area (TPSA) is 81.5 Å². The largest absolute Gasteiger partial charge is 0.342 e. The van der Waals surface area contributed by atoms with Crippen molar-refractivity contribution in [3.8, 4) is 0 Å². The van der Waals surface area contributed by atoms with Gasteiger partial charge in [-0.1, -0.05) is 11.6 Å². The molecular weight excluding hydrogens is 468 g/mol. The third-order valence-electron chi connectivity index (χ3n) is 6.33. The van der Waals surface area contributed by atoms with Crippen molar-refractivity contribution in [2.75, 3.05) is 18.6 Å². The lowest BCUT2D eigenvalue weighted by molar-refractivity contribution is -0.131. The van der Waals surface area contributed by atoms with Crippen molar-refractivity contribution in [1.82, 2.24) is 14.5 Å². The first-order valence-electron chi connectivity index (χ1n) is 10.0. The van der Waals surface area contributed by atoms with E-state index >= 15 is 0 Å². The van der Waals surface area contributed by atoms with E-state index in [1.807, 2.05) is 0 Å². The fourth-order valence-electron chi connectivity index (χ4n) is 4.52. The summed E-state index contributed by atoms with van der Waals surface area (Å²) in [5.41, 5.74) is 1.36. The number of nitrogens with zero attached hydrogens (tertiary/aromatic N) is 2. The van der Waals surface area contributed by atoms with Crippen LogP contribution in [0.4, 0.5) is 8.78 Å². The number of carbonyl (C=O) groups is 1. The molecule has 1 aromatic heterocycles. The number of benzene rings is 1. The lowest BCUT2D eigenvalue weighted by Gasteiger charge is -2.42. The highest BCUT2D eigenvalue weighted by Gasteiger charge is 2.33. The summed E-state index contributed by atoms with van der Waals surface area (Å²) in [6, 6.07) is 2.31. The van der Waals surface area contributed by atoms with Crippen molar-refractivity contribution in [2.45, 2.75) is 44.2 Å². The first-order chi connectivity index (χ1) is 14.6. The van der Waals surface area contributed by atoms with Gasteiger partial charge in [0, 0.05) is 54.0 Å². The fourth-order valence-corrected chi connectivity index (χ4v) is 6.49. The molecule has 0 spiro atoms. The molecule has 0 unspecified atom stereocenters. The van der Waals surface area contributed by atoms with Crippen molar-refractivity contribution in [1.29, 1.82) is 0 Å². The molecule has 3 N–H and O–H groups in total. The van der Waals surface area contributed by atoms with Gasteiger partial charge in [-0.2, -0.15) is 10.6 Å². The molecule has 6 nitrogen and oxygen atoms in total. The van der Waals surface area contributed by atoms with Gasteiger partial charge >= 0.3 is 0 Å². The van der Waals surface area contributed by atoms with E-state index in [9.17, 15) is 22.7 Å². The Hall–Kier alpha value is -1.46. The van der Waals surface area contributed by atoms with Crippen LogP contribution >= 0.6 is 34.4 Å². The van der Waals surface area contributed by atoms with Crippen LogP contribution in [0.1, 0.15) is 35.7 Å². The Balaban J connectivity index is 1.50. The highest BCUT2D eigenvalue weighted by Crippen LogP contribution is 2.44. The highest BCUT2D eigenvalue weighted by atomic mass is 35.5. The fraction of sp³-hybridized carbons (Fsp3) is 0.500. The summed E-state index contributed by atoms with van der Waals surface area (Å²) in [6.45, 7) is 0.309. The first-order valence-corrected chi connectivity index (χ1v) is 12.7. The van der Waals surface area contributed by atoms with E-state index in [-0.39, 0.29) is 29.0 Å². The number of H-pyrrole nitrogens is 1. The second kappa shape index (κ2) is 8.47. The molecule has 0 bridgehead atoms. The molecule has 1 saturated heterocycles. The first kappa shape index (κ1) is 22.7. The van der Waals surface area contributed by atoms with Gasteiger partial charge in [-0.25, -0.2) is 8.78 Å². The third-order valence-corrected chi connectivity index (χ3v) is 8.73. The molecule has 31 heavy (non-hydrogen) atoms. The van der Waals surface area contributed by atoms with Crippen molar-refractivity contribution in [3.05, 3.63) is 50.5 Å². The number of amides is 1. The number of nitrogens with one attached hydrogen (secondary N) is 1. The van der Waals surface area contributed by atoms with Gasteiger partial charge in [-0.15, -0.1) is 0 Å². The molecular formula is C20H24ClF2N3O3S2. The molecule has 2 aromatic rings. The number of aromatic nitrogens is 2. The average Bonchev–Trinajstić information content (AvgIpc) is 3.26. The lowest BCUT2D eigenvalue weighted by atomic mass is 9.95. The second-order valence-electron chi connectivity index (χ2n) is 8.25. The Morgan fingerprint density at radius 2 is 2.03 bits per heavy atom. The smallest absolute Gasteiger partial charge is 0.228 e. The molecule has 1 aromatic carbocycles. The number of rotatable bonds is 4. The summed E-state index contributed by atoms with van der Waals surface area (Å²) in [6.07, 6.45) is 1.52. The Morgan fingerprint density at radius 3 is 2.71 bits per heavy atom. The summed E-state index contributed by atoms with van der Waals surface area (Å²) in [7, 11) is -0.796. The molecule has 1 amide bonds. The van der Waals surface area contributed by atoms with Crippen LogP contribution in [-0.2, 0) is 24.2 Å². The molecule has 0 aliphatic carbocycles. The Bertz CT molecular complexity index is 1080. The number of likely N-dealkylation sites (N-methyl/N-ethyl adjacent to an activating group) is 1. The minimum atomic E-state index is -2.51. The Labute approximate surface area is 190 Å². The number of imidazole rings is 1. The maximum absolute atomic E-state index is 14.5. The standard InChI is InChI=1S/C20H24ClF2N3O3S2/c1-25(12-4-6-31(28,29)7-5-12)17(27)9-15-16-8-11(10-26(16)20(30)24-15)18-14(22)3-2-13(21)19(18)23/h2-3,11-12,28-29H,4-10H2,1H3,(H,24,30)/t11-/m1/s1. The minimum absolute atomic E-state index is 0.0477. The van der Waals surface area contributed by atoms with Crippen LogP contribution in [0.2, 0.25) is 5.02 Å². The number of fused-ring (bicyclic) bond motifs is 1. The molecule has 3 heterocycles. The summed E-state index contributed by atoms with van der Waals surface area (Å²) < 4.78 is 50.6. The quantitative estimate of drug-likeness (QED) is 0.426. The molecule has 1 fully saturated rings. The molecule has 0 radical (unpaired) electrons. The molecule has 1 atom stereocenters. The number of hydrogen-bond acceptors (Lipinski definition) is 4. The van der Waals surface area contributed by atoms with E-state index in [0.717, 1.165) is 11.8 Å². The van der Waals surface area contributed by atoms with Gasteiger partial charge < -0.3 is 14.5 Å². The van der Waals surface area contributed by atoms with E-state index in [0.29, 0.717) is 47.8 Å². The molecule has 2 aliphatic heterocycles. The zero-order chi connectivity index (χ0) is 22.5. The van der Waals surface area contributed by atoms with Gasteiger partial charge in [0.2, 0.25) is 5.91 Å². The zero-order valence-corrected chi connectivity index (χ0v) is 19.3. The predicted octanol–water partition coefficient (Wildman–Crippen LogP) is 4.73. The summed E-state index contributed by atoms with van der Waals surface area (Å²) in [5.74, 6) is -1.37. The predicted molar refractivity (Wildman–Crippen MR) is 120 cm³/mol. The maximum Gasteiger partial charge on any atom is 0.228 e. The van der Waals surface area contributed by atoms with Gasteiger partial charge in [0.15, 0.2) is 4.77 Å². The van der Waals surface area contributed by atoms with Crippen molar-refractivity contribution >= 4 is 40.3 Å². The summed E-state index contributed by atoms with van der Waals surface area (Å²) >= 11 is 11.2. The molecule has 2 aliphatic rings. The normalized spacial score (nSPS) is 21.7. The number of halogens is 3. The van der Waals surface area contributed by atoms with Gasteiger partial charge in [-0.05, 0) is 43.6 Å². The van der Waals surface area contributed by atoms with E-state index in [2.05, 4.69) is 4.98 Å². The van der Waals surface area contributed by atoms with Crippen LogP contribution in [0, 0.1) is 16.4 Å². The number of carbonyl (C=O) groups excluding carboxylic acids is 1. The van der Waals surface area contributed by atoms with Crippen LogP contribution in [0.25, 0.3) is 0 Å². The third kappa shape index (κ3) is 4.41. The second-order valence-corrected chi connectivity index (χ2v) is 11.5. The summed E-state index contributed by atoms with van der Waals surface area (Å²) in [5, 5.41) is -0.126. The van der Waals surface area contributed by atoms with Crippen LogP contribution in [0.3, 0.4) is 0 Å². The van der Waals surface area contributed by atoms with Crippen molar-refractivity contribution in [3.63, 3.8) is 0 Å². The SMILES string of the molecule is CN(C(=O)Cc1[nH]c(=S)n2c1C[C@@H](c1c(F)ccc(Cl)c1F)C2)C1CCS(O)(O)CC1. The Kier molecular flexibility index (Phi) is 6.21. The highest BCUT2D eigenvalue weighted by molar-refractivity contribution is 8.24. The van der Waals surface area contributed by atoms with Crippen LogP contribution < -0.4 is 0 Å². The molecule has 170 valence electrons. The van der Waals surface area contributed by atoms with E-state index in [1.165, 1.54) is 6.07 Å². The number of hydrogen-bond donors (Lipinski definition) is 3. The van der Waals surface area contributed by atoms with Crippen LogP contribution in [0.15, 0.2) is 12.1 Å². The van der Waals surface area contributed by atoms with Gasteiger partial charge in [0.25, 0.3) is 0 Å². The van der Waals surface area contributed by atoms with E-state index in [4.69, 9.17) is 23.8 Å². The zero-order valence-electron chi connectivity index (χ0n) is 16.9. The average molecular weight is 492 g/mol. The van der Waals surface area contributed by atoms with E-state index < -0.39 is 28.1 Å². The van der Waals surface area contributed by atoms with Gasteiger partial charge in [0.1, 0.15) is 11.6 Å². The monoisotopic (exact) mass is 491 g/mol. The number of aromatic amines is 1.